The van der Waals surface area contributed by atoms with E-state index in [9.17, 15) is 19.5 Å². The maximum Gasteiger partial charge on any atom is 0.255 e. The second-order valence-electron chi connectivity index (χ2n) is 9.23. The summed E-state index contributed by atoms with van der Waals surface area (Å²) in [6.07, 6.45) is 4.38. The molecule has 4 heterocycles. The number of amides is 3. The Bertz CT molecular complexity index is 889. The molecule has 8 heteroatoms. The van der Waals surface area contributed by atoms with Crippen LogP contribution in [0.1, 0.15) is 60.0 Å². The summed E-state index contributed by atoms with van der Waals surface area (Å²) in [6.45, 7) is 1.37. The lowest BCUT2D eigenvalue weighted by Gasteiger charge is -2.37. The Hall–Kier alpha value is -2.29. The van der Waals surface area contributed by atoms with Crippen LogP contribution in [0.25, 0.3) is 0 Å². The molecule has 0 aromatic heterocycles. The highest BCUT2D eigenvalue weighted by atomic mass is 16.3. The number of hydrogen-bond acceptors (Lipinski definition) is 6. The molecule has 1 aromatic carbocycles. The number of nitrogens with zero attached hydrogens (tertiary/aromatic N) is 1. The van der Waals surface area contributed by atoms with E-state index >= 15 is 0 Å². The van der Waals surface area contributed by atoms with Gasteiger partial charge in [-0.1, -0.05) is 18.2 Å². The van der Waals surface area contributed by atoms with Crippen molar-refractivity contribution in [3.63, 3.8) is 0 Å². The predicted octanol–water partition coefficient (Wildman–Crippen LogP) is 0.183. The molecule has 4 aliphatic heterocycles. The lowest BCUT2D eigenvalue weighted by Crippen LogP contribution is -2.53. The molecule has 160 valence electrons. The SMILES string of the molecule is O=C1CCC(N2Cc3cccc(CNCC4(O)C[C@H]5CC[C@@H](C4)N5)c3C2=O)C(=O)N1. The Morgan fingerprint density at radius 2 is 1.90 bits per heavy atom. The van der Waals surface area contributed by atoms with Gasteiger partial charge in [0.25, 0.3) is 5.91 Å². The monoisotopic (exact) mass is 412 g/mol. The van der Waals surface area contributed by atoms with Crippen molar-refractivity contribution in [1.29, 1.82) is 0 Å². The molecule has 0 aliphatic carbocycles. The van der Waals surface area contributed by atoms with Gasteiger partial charge in [-0.2, -0.15) is 0 Å². The zero-order valence-electron chi connectivity index (χ0n) is 16.9. The average Bonchev–Trinajstić information content (AvgIpc) is 3.22. The number of piperidine rings is 2. The van der Waals surface area contributed by atoms with Crippen LogP contribution in [0.3, 0.4) is 0 Å². The van der Waals surface area contributed by atoms with Crippen molar-refractivity contribution >= 4 is 17.7 Å². The fraction of sp³-hybridized carbons (Fsp3) is 0.591. The molecule has 4 atom stereocenters. The van der Waals surface area contributed by atoms with Crippen LogP contribution in [0, 0.1) is 0 Å². The fourth-order valence-electron chi connectivity index (χ4n) is 5.64. The molecule has 3 amide bonds. The van der Waals surface area contributed by atoms with Crippen LogP contribution in [0.2, 0.25) is 0 Å². The van der Waals surface area contributed by atoms with Crippen LogP contribution in [-0.2, 0) is 22.7 Å². The maximum atomic E-state index is 13.1. The molecule has 1 aromatic rings. The van der Waals surface area contributed by atoms with Crippen molar-refractivity contribution in [2.24, 2.45) is 0 Å². The molecular weight excluding hydrogens is 384 g/mol. The third-order valence-electron chi connectivity index (χ3n) is 7.00. The molecular formula is C22H28N4O4. The van der Waals surface area contributed by atoms with Gasteiger partial charge in [-0.3, -0.25) is 19.7 Å². The second-order valence-corrected chi connectivity index (χ2v) is 9.23. The van der Waals surface area contributed by atoms with Crippen LogP contribution >= 0.6 is 0 Å². The van der Waals surface area contributed by atoms with E-state index in [2.05, 4.69) is 16.0 Å². The molecule has 0 spiro atoms. The highest BCUT2D eigenvalue weighted by molar-refractivity contribution is 6.05. The third-order valence-corrected chi connectivity index (χ3v) is 7.00. The van der Waals surface area contributed by atoms with Crippen molar-refractivity contribution in [1.82, 2.24) is 20.9 Å². The van der Waals surface area contributed by atoms with E-state index in [1.807, 2.05) is 18.2 Å². The largest absolute Gasteiger partial charge is 0.388 e. The molecule has 4 aliphatic rings. The summed E-state index contributed by atoms with van der Waals surface area (Å²) in [7, 11) is 0. The van der Waals surface area contributed by atoms with E-state index < -0.39 is 17.6 Å². The highest BCUT2D eigenvalue weighted by Crippen LogP contribution is 2.34. The first kappa shape index (κ1) is 19.7. The molecule has 2 unspecified atom stereocenters. The Kier molecular flexibility index (Phi) is 4.88. The standard InChI is InChI=1S/C22H28N4O4/c27-18-7-6-17(20(28)25-18)26-11-14-3-1-2-13(19(14)21(26)29)10-23-12-22(30)8-15-4-5-16(9-22)24-15/h1-3,15-17,23-24,30H,4-12H2,(H,25,27,28)/t15-,16+,17?,22?. The number of benzene rings is 1. The first-order chi connectivity index (χ1) is 14.4. The minimum atomic E-state index is -0.711. The number of nitrogens with one attached hydrogen (secondary N) is 3. The first-order valence-electron chi connectivity index (χ1n) is 10.9. The summed E-state index contributed by atoms with van der Waals surface area (Å²) in [6, 6.07) is 5.97. The third kappa shape index (κ3) is 3.53. The molecule has 2 bridgehead atoms. The van der Waals surface area contributed by atoms with Crippen LogP contribution in [-0.4, -0.2) is 58.0 Å². The lowest BCUT2D eigenvalue weighted by molar-refractivity contribution is -0.136. The van der Waals surface area contributed by atoms with E-state index in [1.54, 1.807) is 4.90 Å². The zero-order chi connectivity index (χ0) is 20.9. The molecule has 30 heavy (non-hydrogen) atoms. The van der Waals surface area contributed by atoms with E-state index in [1.165, 1.54) is 0 Å². The van der Waals surface area contributed by atoms with Crippen LogP contribution in [0.5, 0.6) is 0 Å². The molecule has 0 saturated carbocycles. The summed E-state index contributed by atoms with van der Waals surface area (Å²) in [5, 5.41) is 20.2. The van der Waals surface area contributed by atoms with Crippen molar-refractivity contribution in [3.8, 4) is 0 Å². The summed E-state index contributed by atoms with van der Waals surface area (Å²) >= 11 is 0. The number of imide groups is 1. The quantitative estimate of drug-likeness (QED) is 0.514. The van der Waals surface area contributed by atoms with Gasteiger partial charge >= 0.3 is 0 Å². The lowest BCUT2D eigenvalue weighted by atomic mass is 9.87. The molecule has 0 radical (unpaired) electrons. The van der Waals surface area contributed by atoms with Gasteiger partial charge in [0.05, 0.1) is 5.60 Å². The minimum Gasteiger partial charge on any atom is -0.388 e. The molecule has 4 N–H and O–H groups in total. The first-order valence-corrected chi connectivity index (χ1v) is 10.9. The predicted molar refractivity (Wildman–Crippen MR) is 108 cm³/mol. The van der Waals surface area contributed by atoms with E-state index in [0.717, 1.165) is 36.8 Å². The summed E-state index contributed by atoms with van der Waals surface area (Å²) in [5.74, 6) is -0.833. The fourth-order valence-corrected chi connectivity index (χ4v) is 5.64. The van der Waals surface area contributed by atoms with E-state index in [4.69, 9.17) is 0 Å². The van der Waals surface area contributed by atoms with Gasteiger partial charge in [-0.15, -0.1) is 0 Å². The zero-order valence-corrected chi connectivity index (χ0v) is 16.9. The smallest absolute Gasteiger partial charge is 0.255 e. The number of hydrogen-bond donors (Lipinski definition) is 4. The number of carbonyl (C=O) groups excluding carboxylic acids is 3. The van der Waals surface area contributed by atoms with Gasteiger partial charge in [-0.05, 0) is 43.2 Å². The van der Waals surface area contributed by atoms with Crippen LogP contribution < -0.4 is 16.0 Å². The normalized spacial score (nSPS) is 33.0. The summed E-state index contributed by atoms with van der Waals surface area (Å²) in [4.78, 5) is 38.4. The van der Waals surface area contributed by atoms with Crippen molar-refractivity contribution < 1.29 is 19.5 Å². The Morgan fingerprint density at radius 3 is 2.63 bits per heavy atom. The second kappa shape index (κ2) is 7.44. The van der Waals surface area contributed by atoms with Gasteiger partial charge in [0.1, 0.15) is 6.04 Å². The van der Waals surface area contributed by atoms with Gasteiger partial charge < -0.3 is 20.6 Å². The van der Waals surface area contributed by atoms with E-state index in [-0.39, 0.29) is 18.2 Å². The van der Waals surface area contributed by atoms with Crippen molar-refractivity contribution in [2.75, 3.05) is 6.54 Å². The van der Waals surface area contributed by atoms with Crippen LogP contribution in [0.4, 0.5) is 0 Å². The van der Waals surface area contributed by atoms with Gasteiger partial charge in [0.15, 0.2) is 0 Å². The Labute approximate surface area is 175 Å². The van der Waals surface area contributed by atoms with Crippen LogP contribution in [0.15, 0.2) is 18.2 Å². The molecule has 3 fully saturated rings. The van der Waals surface area contributed by atoms with E-state index in [0.29, 0.717) is 43.7 Å². The highest BCUT2D eigenvalue weighted by Gasteiger charge is 2.42. The summed E-state index contributed by atoms with van der Waals surface area (Å²) < 4.78 is 0. The van der Waals surface area contributed by atoms with Gasteiger partial charge in [0, 0.05) is 43.7 Å². The minimum absolute atomic E-state index is 0.157. The molecule has 8 nitrogen and oxygen atoms in total. The van der Waals surface area contributed by atoms with Crippen molar-refractivity contribution in [3.05, 3.63) is 34.9 Å². The topological polar surface area (TPSA) is 111 Å². The van der Waals surface area contributed by atoms with Gasteiger partial charge in [-0.25, -0.2) is 0 Å². The Morgan fingerprint density at radius 1 is 1.13 bits per heavy atom. The van der Waals surface area contributed by atoms with Crippen molar-refractivity contribution in [2.45, 2.75) is 75.3 Å². The number of fused-ring (bicyclic) bond motifs is 3. The number of aliphatic hydroxyl groups is 1. The molecule has 5 rings (SSSR count). The average molecular weight is 412 g/mol. The van der Waals surface area contributed by atoms with Gasteiger partial charge in [0.2, 0.25) is 11.8 Å². The Balaban J connectivity index is 1.26. The number of carbonyl (C=O) groups is 3. The molecule has 3 saturated heterocycles. The maximum absolute atomic E-state index is 13.1. The number of rotatable bonds is 5. The summed E-state index contributed by atoms with van der Waals surface area (Å²) in [5.41, 5.74) is 1.72.